The Labute approximate surface area is 124 Å². The minimum absolute atomic E-state index is 0.212. The van der Waals surface area contributed by atoms with Gasteiger partial charge in [0.1, 0.15) is 0 Å². The Morgan fingerprint density at radius 1 is 0.800 bits per heavy atom. The molecule has 0 bridgehead atoms. The molecule has 1 unspecified atom stereocenters. The summed E-state index contributed by atoms with van der Waals surface area (Å²) in [6, 6.07) is 0. The molecule has 0 amide bonds. The monoisotopic (exact) mass is 296 g/mol. The average Bonchev–Trinajstić information content (AvgIpc) is 2.28. The van der Waals surface area contributed by atoms with Crippen LogP contribution in [0.25, 0.3) is 0 Å². The highest BCUT2D eigenvalue weighted by Crippen LogP contribution is 2.32. The van der Waals surface area contributed by atoms with Gasteiger partial charge >= 0.3 is 6.18 Å². The number of halogens is 3. The summed E-state index contributed by atoms with van der Waals surface area (Å²) in [6.07, 6.45) is 3.56. The molecule has 3 heteroatoms. The van der Waals surface area contributed by atoms with Crippen molar-refractivity contribution in [3.05, 3.63) is 0 Å². The fourth-order valence-electron chi connectivity index (χ4n) is 1.96. The zero-order chi connectivity index (χ0) is 16.2. The van der Waals surface area contributed by atoms with Crippen LogP contribution in [0.15, 0.2) is 0 Å². The van der Waals surface area contributed by atoms with Crippen LogP contribution in [0.5, 0.6) is 0 Å². The summed E-state index contributed by atoms with van der Waals surface area (Å²) in [4.78, 5) is 0. The maximum atomic E-state index is 12.0. The SMILES string of the molecule is CCCCC(CC)C(F)(F)F.CCCCCC(C)(C)C. The van der Waals surface area contributed by atoms with Gasteiger partial charge in [0.25, 0.3) is 0 Å². The number of alkyl halides is 3. The highest BCUT2D eigenvalue weighted by molar-refractivity contribution is 4.65. The van der Waals surface area contributed by atoms with Gasteiger partial charge in [-0.1, -0.05) is 73.6 Å². The van der Waals surface area contributed by atoms with Crippen molar-refractivity contribution in [1.82, 2.24) is 0 Å². The molecule has 0 N–H and O–H groups in total. The van der Waals surface area contributed by atoms with E-state index in [2.05, 4.69) is 27.7 Å². The molecule has 0 radical (unpaired) electrons. The molecule has 1 atom stereocenters. The van der Waals surface area contributed by atoms with Crippen molar-refractivity contribution in [2.75, 3.05) is 0 Å². The predicted octanol–water partition coefficient (Wildman–Crippen LogP) is 7.38. The van der Waals surface area contributed by atoms with Gasteiger partial charge in [0, 0.05) is 0 Å². The van der Waals surface area contributed by atoms with Crippen LogP contribution in [0.3, 0.4) is 0 Å². The highest BCUT2D eigenvalue weighted by Gasteiger charge is 2.37. The van der Waals surface area contributed by atoms with Crippen molar-refractivity contribution < 1.29 is 13.2 Å². The molecule has 0 saturated heterocycles. The number of rotatable bonds is 7. The molecule has 0 fully saturated rings. The second kappa shape index (κ2) is 11.4. The lowest BCUT2D eigenvalue weighted by molar-refractivity contribution is -0.177. The lowest BCUT2D eigenvalue weighted by Crippen LogP contribution is -2.21. The molecular weight excluding hydrogens is 261 g/mol. The summed E-state index contributed by atoms with van der Waals surface area (Å²) in [5.41, 5.74) is 0.551. The van der Waals surface area contributed by atoms with Crippen molar-refractivity contribution in [2.24, 2.45) is 11.3 Å². The van der Waals surface area contributed by atoms with E-state index in [1.165, 1.54) is 25.7 Å². The Kier molecular flexibility index (Phi) is 12.6. The van der Waals surface area contributed by atoms with Crippen LogP contribution < -0.4 is 0 Å². The van der Waals surface area contributed by atoms with Crippen LogP contribution >= 0.6 is 0 Å². The van der Waals surface area contributed by atoms with Crippen LogP contribution in [-0.2, 0) is 0 Å². The van der Waals surface area contributed by atoms with Crippen LogP contribution in [0.1, 0.15) is 92.9 Å². The van der Waals surface area contributed by atoms with Gasteiger partial charge < -0.3 is 0 Å². The molecule has 0 rings (SSSR count). The normalized spacial score (nSPS) is 13.7. The van der Waals surface area contributed by atoms with E-state index in [1.807, 2.05) is 6.92 Å². The second-order valence-corrected chi connectivity index (χ2v) is 6.81. The average molecular weight is 296 g/mol. The zero-order valence-corrected chi connectivity index (χ0v) is 14.4. The van der Waals surface area contributed by atoms with E-state index in [1.54, 1.807) is 6.92 Å². The van der Waals surface area contributed by atoms with Gasteiger partial charge in [0.15, 0.2) is 0 Å². The molecule has 0 aliphatic rings. The van der Waals surface area contributed by atoms with E-state index in [0.717, 1.165) is 6.42 Å². The van der Waals surface area contributed by atoms with Gasteiger partial charge in [-0.2, -0.15) is 13.2 Å². The third kappa shape index (κ3) is 15.8. The molecule has 0 aromatic rings. The van der Waals surface area contributed by atoms with Gasteiger partial charge in [-0.05, 0) is 24.7 Å². The van der Waals surface area contributed by atoms with E-state index in [-0.39, 0.29) is 12.8 Å². The molecule has 0 aliphatic carbocycles. The maximum Gasteiger partial charge on any atom is 0.391 e. The van der Waals surface area contributed by atoms with Crippen LogP contribution in [0.4, 0.5) is 13.2 Å². The first-order valence-electron chi connectivity index (χ1n) is 8.15. The van der Waals surface area contributed by atoms with Crippen LogP contribution in [0.2, 0.25) is 0 Å². The lowest BCUT2D eigenvalue weighted by atomic mass is 9.90. The van der Waals surface area contributed by atoms with Gasteiger partial charge in [-0.3, -0.25) is 0 Å². The summed E-state index contributed by atoms with van der Waals surface area (Å²) in [7, 11) is 0. The Morgan fingerprint density at radius 3 is 1.60 bits per heavy atom. The van der Waals surface area contributed by atoms with Gasteiger partial charge in [-0.25, -0.2) is 0 Å². The fourth-order valence-corrected chi connectivity index (χ4v) is 1.96. The van der Waals surface area contributed by atoms with Crippen molar-refractivity contribution in [3.8, 4) is 0 Å². The third-order valence-electron chi connectivity index (χ3n) is 3.39. The molecule has 0 saturated carbocycles. The van der Waals surface area contributed by atoms with Gasteiger partial charge in [-0.15, -0.1) is 0 Å². The van der Waals surface area contributed by atoms with Crippen molar-refractivity contribution in [3.63, 3.8) is 0 Å². The first-order valence-corrected chi connectivity index (χ1v) is 8.15. The minimum atomic E-state index is -3.98. The first-order chi connectivity index (χ1) is 9.08. The summed E-state index contributed by atoms with van der Waals surface area (Å²) >= 11 is 0. The lowest BCUT2D eigenvalue weighted by Gasteiger charge is -2.17. The topological polar surface area (TPSA) is 0 Å². The Balaban J connectivity index is 0. The highest BCUT2D eigenvalue weighted by atomic mass is 19.4. The predicted molar refractivity (Wildman–Crippen MR) is 83.0 cm³/mol. The van der Waals surface area contributed by atoms with E-state index >= 15 is 0 Å². The largest absolute Gasteiger partial charge is 0.391 e. The van der Waals surface area contributed by atoms with Crippen LogP contribution in [-0.4, -0.2) is 6.18 Å². The molecule has 0 heterocycles. The molecule has 0 spiro atoms. The van der Waals surface area contributed by atoms with Crippen LogP contribution in [0, 0.1) is 11.3 Å². The molecule has 124 valence electrons. The molecule has 0 aliphatic heterocycles. The van der Waals surface area contributed by atoms with Crippen molar-refractivity contribution >= 4 is 0 Å². The molecule has 20 heavy (non-hydrogen) atoms. The Bertz CT molecular complexity index is 201. The summed E-state index contributed by atoms with van der Waals surface area (Å²) < 4.78 is 36.1. The number of unbranched alkanes of at least 4 members (excludes halogenated alkanes) is 3. The van der Waals surface area contributed by atoms with Gasteiger partial charge in [0.2, 0.25) is 0 Å². The minimum Gasteiger partial charge on any atom is -0.171 e. The molecule has 0 aromatic heterocycles. The van der Waals surface area contributed by atoms with E-state index in [9.17, 15) is 13.2 Å². The zero-order valence-electron chi connectivity index (χ0n) is 14.4. The van der Waals surface area contributed by atoms with E-state index in [4.69, 9.17) is 0 Å². The molecule has 0 nitrogen and oxygen atoms in total. The molecule has 0 aromatic carbocycles. The Morgan fingerprint density at radius 2 is 1.30 bits per heavy atom. The standard InChI is InChI=1S/C9H20.C8H15F3/c1-5-6-7-8-9(2,3)4;1-3-5-6-7(4-2)8(9,10)11/h5-8H2,1-4H3;7H,3-6H2,1-2H3. The number of hydrogen-bond donors (Lipinski definition) is 0. The second-order valence-electron chi connectivity index (χ2n) is 6.81. The summed E-state index contributed by atoms with van der Waals surface area (Å²) in [6.45, 7) is 12.7. The van der Waals surface area contributed by atoms with Gasteiger partial charge in [0.05, 0.1) is 5.92 Å². The summed E-state index contributed by atoms with van der Waals surface area (Å²) in [5, 5.41) is 0. The first kappa shape index (κ1) is 22.1. The maximum absolute atomic E-state index is 12.0. The Hall–Kier alpha value is -0.210. The van der Waals surface area contributed by atoms with E-state index in [0.29, 0.717) is 11.8 Å². The number of hydrogen-bond acceptors (Lipinski definition) is 0. The van der Waals surface area contributed by atoms with Crippen molar-refractivity contribution in [2.45, 2.75) is 99.1 Å². The van der Waals surface area contributed by atoms with Crippen molar-refractivity contribution in [1.29, 1.82) is 0 Å². The third-order valence-corrected chi connectivity index (χ3v) is 3.39. The fraction of sp³-hybridized carbons (Fsp3) is 1.00. The quantitative estimate of drug-likeness (QED) is 0.430. The molecular formula is C17H35F3. The van der Waals surface area contributed by atoms with E-state index < -0.39 is 12.1 Å². The summed E-state index contributed by atoms with van der Waals surface area (Å²) in [5.74, 6) is -1.08. The smallest absolute Gasteiger partial charge is 0.171 e.